The Kier molecular flexibility index (Phi) is 3.90. The van der Waals surface area contributed by atoms with Gasteiger partial charge in [0.05, 0.1) is 17.1 Å². The minimum Gasteiger partial charge on any atom is -0.379 e. The minimum absolute atomic E-state index is 0.242. The number of anilines is 1. The average molecular weight is 284 g/mol. The molecule has 1 aromatic carbocycles. The van der Waals surface area contributed by atoms with Crippen molar-refractivity contribution in [3.63, 3.8) is 0 Å². The molecule has 0 unspecified atom stereocenters. The Hall–Kier alpha value is -1.51. The first-order valence-corrected chi connectivity index (χ1v) is 7.47. The first kappa shape index (κ1) is 12.9. The van der Waals surface area contributed by atoms with Gasteiger partial charge in [0.1, 0.15) is 0 Å². The van der Waals surface area contributed by atoms with Crippen LogP contribution in [-0.2, 0) is 16.6 Å². The van der Waals surface area contributed by atoms with Crippen molar-refractivity contribution in [2.45, 2.75) is 11.4 Å². The van der Waals surface area contributed by atoms with E-state index in [1.165, 1.54) is 18.6 Å². The second-order valence-corrected chi connectivity index (χ2v) is 5.98. The van der Waals surface area contributed by atoms with Crippen molar-refractivity contribution in [2.24, 2.45) is 0 Å². The van der Waals surface area contributed by atoms with Crippen LogP contribution in [0.4, 0.5) is 5.69 Å². The second-order valence-electron chi connectivity index (χ2n) is 3.48. The molecule has 0 aliphatic heterocycles. The molecule has 0 saturated heterocycles. The molecule has 0 atom stereocenters. The van der Waals surface area contributed by atoms with Gasteiger partial charge in [-0.15, -0.1) is 5.10 Å². The highest BCUT2D eigenvalue weighted by Gasteiger charge is 2.10. The fourth-order valence-corrected chi connectivity index (χ4v) is 2.50. The maximum Gasteiger partial charge on any atom is 0.240 e. The molecule has 1 aromatic heterocycles. The van der Waals surface area contributed by atoms with E-state index in [0.717, 1.165) is 11.4 Å². The summed E-state index contributed by atoms with van der Waals surface area (Å²) < 4.78 is 29.0. The van der Waals surface area contributed by atoms with Gasteiger partial charge in [-0.25, -0.2) is 13.1 Å². The highest BCUT2D eigenvalue weighted by atomic mass is 32.2. The summed E-state index contributed by atoms with van der Waals surface area (Å²) in [6.45, 7) is 0.564. The zero-order chi connectivity index (χ0) is 13.0. The molecule has 0 aliphatic carbocycles. The predicted molar refractivity (Wildman–Crippen MR) is 69.9 cm³/mol. The molecule has 2 N–H and O–H groups in total. The van der Waals surface area contributed by atoms with E-state index in [1.54, 1.807) is 24.3 Å². The molecule has 6 nitrogen and oxygen atoms in total. The van der Waals surface area contributed by atoms with Crippen LogP contribution in [0.25, 0.3) is 0 Å². The predicted octanol–water partition coefficient (Wildman–Crippen LogP) is 1.06. The van der Waals surface area contributed by atoms with Crippen LogP contribution >= 0.6 is 11.5 Å². The minimum atomic E-state index is -3.37. The van der Waals surface area contributed by atoms with Gasteiger partial charge in [0.15, 0.2) is 0 Å². The third-order valence-corrected chi connectivity index (χ3v) is 4.30. The van der Waals surface area contributed by atoms with E-state index >= 15 is 0 Å². The van der Waals surface area contributed by atoms with E-state index in [4.69, 9.17) is 0 Å². The van der Waals surface area contributed by atoms with E-state index in [2.05, 4.69) is 19.6 Å². The summed E-state index contributed by atoms with van der Waals surface area (Å²) in [5, 5.41) is 8.89. The zero-order valence-electron chi connectivity index (χ0n) is 9.62. The van der Waals surface area contributed by atoms with E-state index < -0.39 is 10.0 Å². The first-order chi connectivity index (χ1) is 8.62. The van der Waals surface area contributed by atoms with Gasteiger partial charge in [-0.05, 0) is 42.8 Å². The summed E-state index contributed by atoms with van der Waals surface area (Å²) in [4.78, 5) is 0.242. The quantitative estimate of drug-likeness (QED) is 0.857. The number of rotatable bonds is 5. The van der Waals surface area contributed by atoms with Crippen LogP contribution < -0.4 is 10.0 Å². The molecule has 0 saturated carbocycles. The normalized spacial score (nSPS) is 11.4. The molecular weight excluding hydrogens is 272 g/mol. The molecule has 0 bridgehead atoms. The highest BCUT2D eigenvalue weighted by Crippen LogP contribution is 2.14. The molecule has 2 aromatic rings. The molecule has 96 valence electrons. The molecule has 0 aliphatic rings. The Labute approximate surface area is 109 Å². The summed E-state index contributed by atoms with van der Waals surface area (Å²) in [6.07, 6.45) is 0. The molecular formula is C10H12N4O2S2. The molecule has 0 spiro atoms. The largest absolute Gasteiger partial charge is 0.379 e. The lowest BCUT2D eigenvalue weighted by Crippen LogP contribution is -2.18. The maximum atomic E-state index is 11.5. The Morgan fingerprint density at radius 2 is 2.00 bits per heavy atom. The Balaban J connectivity index is 2.04. The Morgan fingerprint density at radius 1 is 1.28 bits per heavy atom. The Morgan fingerprint density at radius 3 is 2.56 bits per heavy atom. The van der Waals surface area contributed by atoms with Gasteiger partial charge in [0, 0.05) is 11.1 Å². The van der Waals surface area contributed by atoms with Gasteiger partial charge in [-0.2, -0.15) is 0 Å². The van der Waals surface area contributed by atoms with E-state index in [-0.39, 0.29) is 4.90 Å². The molecule has 18 heavy (non-hydrogen) atoms. The van der Waals surface area contributed by atoms with Crippen molar-refractivity contribution in [2.75, 3.05) is 12.4 Å². The standard InChI is InChI=1S/C10H12N4O2S2/c1-11-18(15,16)10-4-2-8(3-5-10)12-6-9-7-17-14-13-9/h2-5,7,11-12H,6H2,1H3. The van der Waals surface area contributed by atoms with Gasteiger partial charge < -0.3 is 5.32 Å². The first-order valence-electron chi connectivity index (χ1n) is 5.15. The van der Waals surface area contributed by atoms with Gasteiger partial charge in [0.25, 0.3) is 0 Å². The van der Waals surface area contributed by atoms with E-state index in [1.807, 2.05) is 5.38 Å². The number of nitrogens with zero attached hydrogens (tertiary/aromatic N) is 2. The molecule has 0 amide bonds. The third-order valence-electron chi connectivity index (χ3n) is 2.31. The lowest BCUT2D eigenvalue weighted by atomic mass is 10.3. The number of hydrogen-bond donors (Lipinski definition) is 2. The van der Waals surface area contributed by atoms with Crippen molar-refractivity contribution in [3.05, 3.63) is 35.3 Å². The maximum absolute atomic E-state index is 11.5. The number of aromatic nitrogens is 2. The van der Waals surface area contributed by atoms with Crippen LogP contribution in [0.5, 0.6) is 0 Å². The zero-order valence-corrected chi connectivity index (χ0v) is 11.3. The van der Waals surface area contributed by atoms with Crippen molar-refractivity contribution < 1.29 is 8.42 Å². The van der Waals surface area contributed by atoms with Crippen LogP contribution in [0.15, 0.2) is 34.5 Å². The van der Waals surface area contributed by atoms with E-state index in [9.17, 15) is 8.42 Å². The number of hydrogen-bond acceptors (Lipinski definition) is 6. The van der Waals surface area contributed by atoms with Crippen molar-refractivity contribution in [1.29, 1.82) is 0 Å². The fraction of sp³-hybridized carbons (Fsp3) is 0.200. The van der Waals surface area contributed by atoms with Gasteiger partial charge >= 0.3 is 0 Å². The lowest BCUT2D eigenvalue weighted by molar-refractivity contribution is 0.588. The molecule has 2 rings (SSSR count). The third kappa shape index (κ3) is 3.03. The lowest BCUT2D eigenvalue weighted by Gasteiger charge is -2.06. The van der Waals surface area contributed by atoms with Crippen LogP contribution in [0.1, 0.15) is 5.69 Å². The number of sulfonamides is 1. The van der Waals surface area contributed by atoms with Crippen LogP contribution in [-0.4, -0.2) is 25.1 Å². The van der Waals surface area contributed by atoms with Crippen molar-refractivity contribution >= 4 is 27.2 Å². The smallest absolute Gasteiger partial charge is 0.240 e. The molecule has 0 fully saturated rings. The van der Waals surface area contributed by atoms with Crippen molar-refractivity contribution in [3.8, 4) is 0 Å². The SMILES string of the molecule is CNS(=O)(=O)c1ccc(NCc2csnn2)cc1. The van der Waals surface area contributed by atoms with E-state index in [0.29, 0.717) is 6.54 Å². The number of benzene rings is 1. The topological polar surface area (TPSA) is 84.0 Å². The van der Waals surface area contributed by atoms with Crippen LogP contribution in [0.2, 0.25) is 0 Å². The van der Waals surface area contributed by atoms with Gasteiger partial charge in [-0.1, -0.05) is 4.49 Å². The van der Waals surface area contributed by atoms with Crippen LogP contribution in [0, 0.1) is 0 Å². The Bertz CT molecular complexity index is 593. The van der Waals surface area contributed by atoms with Gasteiger partial charge in [-0.3, -0.25) is 0 Å². The summed E-state index contributed by atoms with van der Waals surface area (Å²) >= 11 is 1.29. The summed E-state index contributed by atoms with van der Waals surface area (Å²) in [5.74, 6) is 0. The van der Waals surface area contributed by atoms with Crippen LogP contribution in [0.3, 0.4) is 0 Å². The molecule has 0 radical (unpaired) electrons. The van der Waals surface area contributed by atoms with Gasteiger partial charge in [0.2, 0.25) is 10.0 Å². The molecule has 1 heterocycles. The summed E-state index contributed by atoms with van der Waals surface area (Å²) in [7, 11) is -1.99. The fourth-order valence-electron chi connectivity index (χ4n) is 1.32. The molecule has 8 heteroatoms. The average Bonchev–Trinajstić information content (AvgIpc) is 2.90. The second kappa shape index (κ2) is 5.42. The monoisotopic (exact) mass is 284 g/mol. The highest BCUT2D eigenvalue weighted by molar-refractivity contribution is 7.89. The summed E-state index contributed by atoms with van der Waals surface area (Å²) in [6, 6.07) is 6.52. The number of nitrogens with one attached hydrogen (secondary N) is 2. The van der Waals surface area contributed by atoms with Crippen molar-refractivity contribution in [1.82, 2.24) is 14.3 Å². The summed E-state index contributed by atoms with van der Waals surface area (Å²) in [5.41, 5.74) is 1.69.